The lowest BCUT2D eigenvalue weighted by Gasteiger charge is -2.27. The number of nitrogens with zero attached hydrogens (tertiary/aromatic N) is 1. The van der Waals surface area contributed by atoms with E-state index in [1.165, 1.54) is 6.92 Å². The van der Waals surface area contributed by atoms with Crippen molar-refractivity contribution in [3.05, 3.63) is 66.6 Å². The molecule has 0 aliphatic carbocycles. The number of carbonyl (C=O) groups excluding carboxylic acids is 2. The largest absolute Gasteiger partial charge is 0.448 e. The number of esters is 1. The number of ketones is 1. The van der Waals surface area contributed by atoms with E-state index in [0.717, 1.165) is 0 Å². The third kappa shape index (κ3) is 5.32. The molecule has 0 bridgehead atoms. The van der Waals surface area contributed by atoms with Crippen LogP contribution < -0.4 is 5.32 Å². The fourth-order valence-electron chi connectivity index (χ4n) is 3.11. The van der Waals surface area contributed by atoms with Crippen molar-refractivity contribution < 1.29 is 19.2 Å². The molecule has 2 atom stereocenters. The lowest BCUT2D eigenvalue weighted by atomic mass is 9.84. The number of dihydropyridines is 1. The first-order chi connectivity index (χ1) is 13.5. The van der Waals surface area contributed by atoms with Gasteiger partial charge >= 0.3 is 5.97 Å². The van der Waals surface area contributed by atoms with Crippen molar-refractivity contribution in [1.29, 1.82) is 0 Å². The predicted molar refractivity (Wildman–Crippen MR) is 114 cm³/mol. The Morgan fingerprint density at radius 3 is 2.55 bits per heavy atom. The molecule has 1 aromatic rings. The monoisotopic (exact) mass is 458 g/mol. The van der Waals surface area contributed by atoms with Crippen LogP contribution in [0.3, 0.4) is 0 Å². The van der Waals surface area contributed by atoms with E-state index < -0.39 is 22.2 Å². The van der Waals surface area contributed by atoms with Crippen LogP contribution in [-0.4, -0.2) is 22.1 Å². The molecule has 1 aromatic carbocycles. The fraction of sp³-hybridized carbons (Fsp3) is 0.368. The number of carbonyl (C=O) groups is 2. The van der Waals surface area contributed by atoms with E-state index in [1.54, 1.807) is 32.0 Å². The zero-order valence-electron chi connectivity index (χ0n) is 16.0. The summed E-state index contributed by atoms with van der Waals surface area (Å²) in [6.45, 7) is 4.59. The third-order valence-corrected chi connectivity index (χ3v) is 5.62. The van der Waals surface area contributed by atoms with Gasteiger partial charge < -0.3 is 14.8 Å². The van der Waals surface area contributed by atoms with Crippen LogP contribution in [0.5, 0.6) is 0 Å². The molecule has 29 heavy (non-hydrogen) atoms. The van der Waals surface area contributed by atoms with Crippen molar-refractivity contribution in [3.8, 4) is 0 Å². The normalized spacial score (nSPS) is 17.7. The fourth-order valence-corrected chi connectivity index (χ4v) is 3.76. The third-order valence-electron chi connectivity index (χ3n) is 4.42. The summed E-state index contributed by atoms with van der Waals surface area (Å²) < 4.78 is 5.35. The van der Waals surface area contributed by atoms with Gasteiger partial charge in [-0.15, -0.1) is 12.6 Å². The number of hydrogen-bond donors (Lipinski definition) is 2. The van der Waals surface area contributed by atoms with Crippen LogP contribution in [0, 0.1) is 10.1 Å². The van der Waals surface area contributed by atoms with E-state index in [2.05, 4.69) is 17.9 Å². The maximum absolute atomic E-state index is 12.9. The summed E-state index contributed by atoms with van der Waals surface area (Å²) in [4.78, 5) is 35.4. The van der Waals surface area contributed by atoms with Crippen molar-refractivity contribution in [2.45, 2.75) is 45.0 Å². The van der Waals surface area contributed by atoms with Crippen molar-refractivity contribution in [2.75, 3.05) is 0 Å². The number of thiol groups is 1. The van der Waals surface area contributed by atoms with Crippen molar-refractivity contribution >= 4 is 47.6 Å². The van der Waals surface area contributed by atoms with Crippen LogP contribution in [0.4, 0.5) is 0 Å². The smallest absolute Gasteiger partial charge is 0.338 e. The van der Waals surface area contributed by atoms with E-state index in [4.69, 9.17) is 27.9 Å². The number of halogens is 2. The number of ether oxygens (including phenoxy) is 1. The highest BCUT2D eigenvalue weighted by molar-refractivity contribution is 7.80. The topological polar surface area (TPSA) is 98.5 Å². The Morgan fingerprint density at radius 2 is 1.97 bits per heavy atom. The van der Waals surface area contributed by atoms with Gasteiger partial charge in [-0.1, -0.05) is 35.3 Å². The number of nitrogens with one attached hydrogen (secondary N) is 1. The van der Waals surface area contributed by atoms with Crippen LogP contribution in [0.2, 0.25) is 10.0 Å². The summed E-state index contributed by atoms with van der Waals surface area (Å²) in [6, 6.07) is 4.73. The lowest BCUT2D eigenvalue weighted by molar-refractivity contribution is -0.431. The molecule has 2 rings (SSSR count). The number of hydrogen-bond acceptors (Lipinski definition) is 7. The summed E-state index contributed by atoms with van der Waals surface area (Å²) in [5, 5.41) is 15.0. The predicted octanol–water partition coefficient (Wildman–Crippen LogP) is 4.63. The van der Waals surface area contributed by atoms with E-state index in [-0.39, 0.29) is 45.6 Å². The van der Waals surface area contributed by atoms with Gasteiger partial charge in [0.25, 0.3) is 5.70 Å². The summed E-state index contributed by atoms with van der Waals surface area (Å²) in [7, 11) is 0. The molecule has 0 saturated carbocycles. The van der Waals surface area contributed by atoms with E-state index in [0.29, 0.717) is 11.3 Å². The zero-order valence-corrected chi connectivity index (χ0v) is 18.4. The van der Waals surface area contributed by atoms with Gasteiger partial charge in [0, 0.05) is 18.5 Å². The Morgan fingerprint density at radius 1 is 1.31 bits per heavy atom. The van der Waals surface area contributed by atoms with Gasteiger partial charge in [0.15, 0.2) is 0 Å². The van der Waals surface area contributed by atoms with Crippen molar-refractivity contribution in [3.63, 3.8) is 0 Å². The number of nitro groups is 1. The summed E-state index contributed by atoms with van der Waals surface area (Å²) in [6.07, 6.45) is 0.421. The first-order valence-corrected chi connectivity index (χ1v) is 9.97. The Bertz CT molecular complexity index is 929. The molecule has 7 nitrogen and oxygen atoms in total. The van der Waals surface area contributed by atoms with Gasteiger partial charge in [0.1, 0.15) is 17.1 Å². The van der Waals surface area contributed by atoms with E-state index >= 15 is 0 Å². The van der Waals surface area contributed by atoms with Crippen LogP contribution in [0.15, 0.2) is 40.9 Å². The number of Topliss-reactive ketones (excluding diaryl/α,β-unsaturated/α-hetero) is 1. The minimum atomic E-state index is -1.08. The second-order valence-electron chi connectivity index (χ2n) is 6.61. The average molecular weight is 459 g/mol. The Balaban J connectivity index is 2.51. The van der Waals surface area contributed by atoms with Gasteiger partial charge in [-0.05, 0) is 32.4 Å². The number of rotatable bonds is 7. The molecule has 0 saturated heterocycles. The van der Waals surface area contributed by atoms with Crippen molar-refractivity contribution in [2.24, 2.45) is 0 Å². The highest BCUT2D eigenvalue weighted by Crippen LogP contribution is 2.43. The van der Waals surface area contributed by atoms with E-state index in [9.17, 15) is 19.7 Å². The lowest BCUT2D eigenvalue weighted by Crippen LogP contribution is -2.32. The summed E-state index contributed by atoms with van der Waals surface area (Å²) in [5.41, 5.74) is -0.0412. The molecule has 10 heteroatoms. The van der Waals surface area contributed by atoms with Gasteiger partial charge in [-0.2, -0.15) is 0 Å². The highest BCUT2D eigenvalue weighted by atomic mass is 35.5. The molecule has 0 amide bonds. The molecule has 2 unspecified atom stereocenters. The molecule has 1 aliphatic heterocycles. The Kier molecular flexibility index (Phi) is 7.73. The Labute approximate surface area is 183 Å². The van der Waals surface area contributed by atoms with Crippen LogP contribution in [0.1, 0.15) is 45.1 Å². The van der Waals surface area contributed by atoms with Crippen molar-refractivity contribution in [1.82, 2.24) is 5.32 Å². The highest BCUT2D eigenvalue weighted by Gasteiger charge is 2.42. The standard InChI is InChI=1S/C19H20Cl2N2O5S/c1-9(24)7-8-14(29)28-19(25)15-10(2)22-11(3)18(23(26)27)16(15)12-5-4-6-13(20)17(12)21/h4-6,14,16,22,29H,7-8H2,1-3H3. The van der Waals surface area contributed by atoms with Crippen LogP contribution >= 0.6 is 35.8 Å². The molecule has 0 spiro atoms. The quantitative estimate of drug-likeness (QED) is 0.203. The van der Waals surface area contributed by atoms with Gasteiger partial charge in [0.05, 0.1) is 26.2 Å². The second-order valence-corrected chi connectivity index (χ2v) is 7.97. The molecule has 0 radical (unpaired) electrons. The molecule has 156 valence electrons. The molecule has 1 N–H and O–H groups in total. The maximum atomic E-state index is 12.9. The molecular weight excluding hydrogens is 439 g/mol. The van der Waals surface area contributed by atoms with E-state index in [1.807, 2.05) is 0 Å². The minimum absolute atomic E-state index is 0.0355. The van der Waals surface area contributed by atoms with Gasteiger partial charge in [0.2, 0.25) is 0 Å². The second kappa shape index (κ2) is 9.65. The van der Waals surface area contributed by atoms with Gasteiger partial charge in [-0.25, -0.2) is 4.79 Å². The minimum Gasteiger partial charge on any atom is -0.448 e. The first kappa shape index (κ1) is 23.3. The van der Waals surface area contributed by atoms with Crippen LogP contribution in [0.25, 0.3) is 0 Å². The summed E-state index contributed by atoms with van der Waals surface area (Å²) >= 11 is 16.6. The van der Waals surface area contributed by atoms with Gasteiger partial charge in [-0.3, -0.25) is 10.1 Å². The maximum Gasteiger partial charge on any atom is 0.338 e. The molecule has 0 fully saturated rings. The van der Waals surface area contributed by atoms with Crippen LogP contribution in [-0.2, 0) is 14.3 Å². The zero-order chi connectivity index (χ0) is 21.9. The summed E-state index contributed by atoms with van der Waals surface area (Å²) in [5.74, 6) is -1.93. The number of benzene rings is 1. The first-order valence-electron chi connectivity index (χ1n) is 8.69. The molecule has 1 aliphatic rings. The molecule has 1 heterocycles. The number of allylic oxidation sites excluding steroid dienone is 3. The SMILES string of the molecule is CC(=O)CCC(S)OC(=O)C1=C(C)NC(C)=C([N+](=O)[O-])C1c1cccc(Cl)c1Cl. The average Bonchev–Trinajstić information content (AvgIpc) is 2.61. The molecular formula is C19H20Cl2N2O5S. The molecule has 0 aromatic heterocycles. The Hall–Kier alpha value is -2.03.